The summed E-state index contributed by atoms with van der Waals surface area (Å²) in [5, 5.41) is 12.7. The molecule has 0 saturated heterocycles. The van der Waals surface area contributed by atoms with Crippen molar-refractivity contribution in [2.75, 3.05) is 0 Å². The number of hydrogen-bond donors (Lipinski definition) is 2. The molecule has 2 atom stereocenters. The lowest BCUT2D eigenvalue weighted by Gasteiger charge is -2.27. The maximum atomic E-state index is 11.5. The van der Waals surface area contributed by atoms with Crippen LogP contribution in [-0.4, -0.2) is 28.4 Å². The van der Waals surface area contributed by atoms with Crippen LogP contribution in [0.2, 0.25) is 0 Å². The number of carbonyl (C=O) groups is 1. The molecule has 0 aromatic rings. The summed E-state index contributed by atoms with van der Waals surface area (Å²) in [7, 11) is 0. The van der Waals surface area contributed by atoms with Crippen LogP contribution in [0.5, 0.6) is 0 Å². The van der Waals surface area contributed by atoms with Gasteiger partial charge in [-0.15, -0.1) is 6.58 Å². The lowest BCUT2D eigenvalue weighted by atomic mass is 9.95. The second-order valence-electron chi connectivity index (χ2n) is 5.78. The SMILES string of the molecule is C=CCC(C)(O)CC(C)OC(=O)NC(C)(C)C. The zero-order chi connectivity index (χ0) is 13.7. The smallest absolute Gasteiger partial charge is 0.407 e. The Morgan fingerprint density at radius 3 is 2.41 bits per heavy atom. The van der Waals surface area contributed by atoms with Crippen LogP contribution in [0.3, 0.4) is 0 Å². The minimum absolute atomic E-state index is 0.319. The molecule has 0 bridgehead atoms. The summed E-state index contributed by atoms with van der Waals surface area (Å²) in [4.78, 5) is 11.5. The molecule has 0 spiro atoms. The predicted octanol–water partition coefficient (Wildman–Crippen LogP) is 2.62. The number of aliphatic hydroxyl groups is 1. The van der Waals surface area contributed by atoms with Gasteiger partial charge in [-0.1, -0.05) is 6.08 Å². The van der Waals surface area contributed by atoms with E-state index in [0.717, 1.165) is 0 Å². The van der Waals surface area contributed by atoms with Gasteiger partial charge in [-0.2, -0.15) is 0 Å². The van der Waals surface area contributed by atoms with Crippen LogP contribution in [0.1, 0.15) is 47.5 Å². The van der Waals surface area contributed by atoms with E-state index in [1.165, 1.54) is 0 Å². The maximum Gasteiger partial charge on any atom is 0.407 e. The summed E-state index contributed by atoms with van der Waals surface area (Å²) >= 11 is 0. The molecule has 1 amide bonds. The van der Waals surface area contributed by atoms with Crippen molar-refractivity contribution in [3.8, 4) is 0 Å². The summed E-state index contributed by atoms with van der Waals surface area (Å²) in [6, 6.07) is 0. The first-order chi connectivity index (χ1) is 7.56. The zero-order valence-electron chi connectivity index (χ0n) is 11.5. The lowest BCUT2D eigenvalue weighted by molar-refractivity contribution is 0.00306. The molecular formula is C13H25NO3. The molecule has 0 aliphatic carbocycles. The maximum absolute atomic E-state index is 11.5. The van der Waals surface area contributed by atoms with Crippen molar-refractivity contribution in [2.24, 2.45) is 0 Å². The fourth-order valence-electron chi connectivity index (χ4n) is 1.57. The standard InChI is InChI=1S/C13H25NO3/c1-7-8-13(6,16)9-10(2)17-11(15)14-12(3,4)5/h7,10,16H,1,8-9H2,2-6H3,(H,14,15). The molecule has 4 nitrogen and oxygen atoms in total. The highest BCUT2D eigenvalue weighted by atomic mass is 16.6. The van der Waals surface area contributed by atoms with Gasteiger partial charge in [0.15, 0.2) is 0 Å². The van der Waals surface area contributed by atoms with E-state index < -0.39 is 11.7 Å². The van der Waals surface area contributed by atoms with Gasteiger partial charge >= 0.3 is 6.09 Å². The Labute approximate surface area is 104 Å². The van der Waals surface area contributed by atoms with Gasteiger partial charge in [-0.25, -0.2) is 4.79 Å². The topological polar surface area (TPSA) is 58.6 Å². The Kier molecular flexibility index (Phi) is 5.69. The minimum atomic E-state index is -0.886. The van der Waals surface area contributed by atoms with E-state index in [9.17, 15) is 9.90 Å². The summed E-state index contributed by atoms with van der Waals surface area (Å²) < 4.78 is 5.16. The number of rotatable bonds is 5. The first kappa shape index (κ1) is 16.0. The number of hydrogen-bond acceptors (Lipinski definition) is 3. The van der Waals surface area contributed by atoms with E-state index in [-0.39, 0.29) is 11.6 Å². The van der Waals surface area contributed by atoms with Gasteiger partial charge in [-0.05, 0) is 41.0 Å². The second-order valence-corrected chi connectivity index (χ2v) is 5.78. The van der Waals surface area contributed by atoms with Crippen molar-refractivity contribution in [3.63, 3.8) is 0 Å². The average molecular weight is 243 g/mol. The van der Waals surface area contributed by atoms with Gasteiger partial charge in [0.1, 0.15) is 6.10 Å². The summed E-state index contributed by atoms with van der Waals surface area (Å²) in [6.07, 6.45) is 1.71. The number of alkyl carbamates (subject to hydrolysis) is 1. The van der Waals surface area contributed by atoms with Crippen LogP contribution < -0.4 is 5.32 Å². The lowest BCUT2D eigenvalue weighted by Crippen LogP contribution is -2.42. The number of amides is 1. The molecular weight excluding hydrogens is 218 g/mol. The molecule has 4 heteroatoms. The van der Waals surface area contributed by atoms with Gasteiger partial charge in [0.2, 0.25) is 0 Å². The van der Waals surface area contributed by atoms with Crippen molar-refractivity contribution in [3.05, 3.63) is 12.7 Å². The largest absolute Gasteiger partial charge is 0.446 e. The quantitative estimate of drug-likeness (QED) is 0.730. The zero-order valence-corrected chi connectivity index (χ0v) is 11.5. The molecule has 100 valence electrons. The molecule has 0 aliphatic rings. The molecule has 0 aliphatic heterocycles. The van der Waals surface area contributed by atoms with Crippen molar-refractivity contribution >= 4 is 6.09 Å². The van der Waals surface area contributed by atoms with Crippen LogP contribution in [0, 0.1) is 0 Å². The Bertz CT molecular complexity index is 266. The van der Waals surface area contributed by atoms with E-state index in [1.807, 2.05) is 20.8 Å². The van der Waals surface area contributed by atoms with Crippen LogP contribution >= 0.6 is 0 Å². The molecule has 2 unspecified atom stereocenters. The first-order valence-corrected chi connectivity index (χ1v) is 5.88. The van der Waals surface area contributed by atoms with Crippen LogP contribution in [0.15, 0.2) is 12.7 Å². The van der Waals surface area contributed by atoms with Crippen LogP contribution in [0.4, 0.5) is 4.79 Å². The third kappa shape index (κ3) is 8.74. The molecule has 0 saturated carbocycles. The van der Waals surface area contributed by atoms with E-state index >= 15 is 0 Å². The molecule has 0 aromatic carbocycles. The summed E-state index contributed by atoms with van der Waals surface area (Å²) in [5.74, 6) is 0. The van der Waals surface area contributed by atoms with E-state index in [2.05, 4.69) is 11.9 Å². The number of nitrogens with one attached hydrogen (secondary N) is 1. The minimum Gasteiger partial charge on any atom is -0.446 e. The second kappa shape index (κ2) is 6.05. The van der Waals surface area contributed by atoms with Gasteiger partial charge in [0.05, 0.1) is 5.60 Å². The summed E-state index contributed by atoms with van der Waals surface area (Å²) in [5.41, 5.74) is -1.20. The first-order valence-electron chi connectivity index (χ1n) is 5.88. The molecule has 2 N–H and O–H groups in total. The Balaban J connectivity index is 4.14. The molecule has 0 heterocycles. The van der Waals surface area contributed by atoms with Crippen molar-refractivity contribution in [1.29, 1.82) is 0 Å². The monoisotopic (exact) mass is 243 g/mol. The normalized spacial score (nSPS) is 16.8. The summed E-state index contributed by atoms with van der Waals surface area (Å²) in [6.45, 7) is 12.7. The van der Waals surface area contributed by atoms with Crippen LogP contribution in [-0.2, 0) is 4.74 Å². The van der Waals surface area contributed by atoms with Gasteiger partial charge in [0, 0.05) is 12.0 Å². The molecule has 0 rings (SSSR count). The molecule has 17 heavy (non-hydrogen) atoms. The Morgan fingerprint density at radius 2 is 2.00 bits per heavy atom. The van der Waals surface area contributed by atoms with E-state index in [4.69, 9.17) is 4.74 Å². The fourth-order valence-corrected chi connectivity index (χ4v) is 1.57. The van der Waals surface area contributed by atoms with Crippen molar-refractivity contribution in [1.82, 2.24) is 5.32 Å². The molecule has 0 aromatic heterocycles. The fraction of sp³-hybridized carbons (Fsp3) is 0.769. The Hall–Kier alpha value is -1.03. The third-order valence-corrected chi connectivity index (χ3v) is 2.10. The number of carbonyl (C=O) groups excluding carboxylic acids is 1. The van der Waals surface area contributed by atoms with Gasteiger partial charge in [-0.3, -0.25) is 0 Å². The molecule has 0 fully saturated rings. The van der Waals surface area contributed by atoms with Crippen molar-refractivity contribution in [2.45, 2.75) is 64.7 Å². The van der Waals surface area contributed by atoms with Gasteiger partial charge < -0.3 is 15.2 Å². The predicted molar refractivity (Wildman–Crippen MR) is 68.9 cm³/mol. The molecule has 0 radical (unpaired) electrons. The van der Waals surface area contributed by atoms with E-state index in [0.29, 0.717) is 12.8 Å². The number of ether oxygens (including phenoxy) is 1. The third-order valence-electron chi connectivity index (χ3n) is 2.10. The van der Waals surface area contributed by atoms with Gasteiger partial charge in [0.25, 0.3) is 0 Å². The van der Waals surface area contributed by atoms with Crippen molar-refractivity contribution < 1.29 is 14.6 Å². The average Bonchev–Trinajstić information content (AvgIpc) is 1.96. The highest BCUT2D eigenvalue weighted by molar-refractivity contribution is 5.68. The van der Waals surface area contributed by atoms with E-state index in [1.54, 1.807) is 19.9 Å². The highest BCUT2D eigenvalue weighted by Crippen LogP contribution is 2.18. The highest BCUT2D eigenvalue weighted by Gasteiger charge is 2.24. The Morgan fingerprint density at radius 1 is 1.47 bits per heavy atom. The van der Waals surface area contributed by atoms with Crippen LogP contribution in [0.25, 0.3) is 0 Å².